The van der Waals surface area contributed by atoms with Crippen molar-refractivity contribution in [2.24, 2.45) is 0 Å². The fraction of sp³-hybridized carbons (Fsp3) is 0.182. The highest BCUT2D eigenvalue weighted by atomic mass is 19.4. The minimum absolute atomic E-state index is 0.280. The van der Waals surface area contributed by atoms with Gasteiger partial charge in [0.15, 0.2) is 5.69 Å². The fourth-order valence-electron chi connectivity index (χ4n) is 1.51. The molecule has 3 nitrogen and oxygen atoms in total. The zero-order valence-corrected chi connectivity index (χ0v) is 8.99. The quantitative estimate of drug-likeness (QED) is 0.780. The first-order chi connectivity index (χ1) is 7.88. The number of hydrogen-bond acceptors (Lipinski definition) is 2. The molecule has 0 aliphatic carbocycles. The van der Waals surface area contributed by atoms with Crippen LogP contribution in [0.3, 0.4) is 0 Å². The second-order valence-electron chi connectivity index (χ2n) is 3.63. The maximum Gasteiger partial charge on any atom is 0.434 e. The van der Waals surface area contributed by atoms with Crippen LogP contribution in [0.2, 0.25) is 0 Å². The number of hydrogen-bond donors (Lipinski definition) is 1. The molecule has 0 radical (unpaired) electrons. The summed E-state index contributed by atoms with van der Waals surface area (Å²) < 4.78 is 38.8. The maximum atomic E-state index is 12.5. The van der Waals surface area contributed by atoms with Crippen LogP contribution in [0.25, 0.3) is 5.69 Å². The van der Waals surface area contributed by atoms with E-state index in [9.17, 15) is 13.2 Å². The molecule has 17 heavy (non-hydrogen) atoms. The average Bonchev–Trinajstić information content (AvgIpc) is 2.61. The predicted molar refractivity (Wildman–Crippen MR) is 57.7 cm³/mol. The molecule has 1 heterocycles. The molecular formula is C11H10F3N3. The molecule has 0 bridgehead atoms. The molecule has 0 atom stereocenters. The SMILES string of the molecule is Cc1nc(C(F)(F)F)cn1-c1ccc(N)cc1. The summed E-state index contributed by atoms with van der Waals surface area (Å²) in [7, 11) is 0. The van der Waals surface area contributed by atoms with E-state index in [0.29, 0.717) is 11.4 Å². The molecule has 0 aliphatic rings. The van der Waals surface area contributed by atoms with Crippen LogP contribution < -0.4 is 5.73 Å². The van der Waals surface area contributed by atoms with Crippen molar-refractivity contribution in [2.75, 3.05) is 5.73 Å². The van der Waals surface area contributed by atoms with Gasteiger partial charge in [-0.15, -0.1) is 0 Å². The van der Waals surface area contributed by atoms with Crippen LogP contribution in [-0.4, -0.2) is 9.55 Å². The summed E-state index contributed by atoms with van der Waals surface area (Å²) in [6.07, 6.45) is -3.45. The number of halogens is 3. The second kappa shape index (κ2) is 3.80. The molecule has 0 amide bonds. The molecular weight excluding hydrogens is 231 g/mol. The molecule has 0 spiro atoms. The van der Waals surface area contributed by atoms with Crippen molar-refractivity contribution in [2.45, 2.75) is 13.1 Å². The van der Waals surface area contributed by atoms with Crippen molar-refractivity contribution in [3.05, 3.63) is 42.0 Å². The Morgan fingerprint density at radius 2 is 1.76 bits per heavy atom. The summed E-state index contributed by atoms with van der Waals surface area (Å²) in [6, 6.07) is 6.54. The van der Waals surface area contributed by atoms with Gasteiger partial charge >= 0.3 is 6.18 Å². The first-order valence-corrected chi connectivity index (χ1v) is 4.87. The summed E-state index contributed by atoms with van der Waals surface area (Å²) in [5.74, 6) is 0.280. The number of imidazole rings is 1. The molecule has 1 aromatic heterocycles. The van der Waals surface area contributed by atoms with Crippen molar-refractivity contribution >= 4 is 5.69 Å². The Kier molecular flexibility index (Phi) is 2.57. The van der Waals surface area contributed by atoms with Crippen molar-refractivity contribution in [1.82, 2.24) is 9.55 Å². The standard InChI is InChI=1S/C11H10F3N3/c1-7-16-10(11(12,13)14)6-17(7)9-4-2-8(15)3-5-9/h2-6H,15H2,1H3. The van der Waals surface area contributed by atoms with Crippen LogP contribution in [0.4, 0.5) is 18.9 Å². The second-order valence-corrected chi connectivity index (χ2v) is 3.63. The topological polar surface area (TPSA) is 43.8 Å². The van der Waals surface area contributed by atoms with Gasteiger partial charge in [-0.2, -0.15) is 13.2 Å². The van der Waals surface area contributed by atoms with Gasteiger partial charge in [-0.05, 0) is 31.2 Å². The summed E-state index contributed by atoms with van der Waals surface area (Å²) in [5, 5.41) is 0. The largest absolute Gasteiger partial charge is 0.434 e. The van der Waals surface area contributed by atoms with Gasteiger partial charge in [0, 0.05) is 17.6 Å². The molecule has 0 fully saturated rings. The predicted octanol–water partition coefficient (Wildman–Crippen LogP) is 2.78. The maximum absolute atomic E-state index is 12.5. The van der Waals surface area contributed by atoms with E-state index in [4.69, 9.17) is 5.73 Å². The van der Waals surface area contributed by atoms with Gasteiger partial charge in [0.1, 0.15) is 5.82 Å². The molecule has 90 valence electrons. The van der Waals surface area contributed by atoms with Gasteiger partial charge in [0.25, 0.3) is 0 Å². The summed E-state index contributed by atoms with van der Waals surface area (Å²) >= 11 is 0. The Hall–Kier alpha value is -1.98. The zero-order chi connectivity index (χ0) is 12.6. The van der Waals surface area contributed by atoms with E-state index < -0.39 is 11.9 Å². The van der Waals surface area contributed by atoms with Crippen molar-refractivity contribution in [3.63, 3.8) is 0 Å². The van der Waals surface area contributed by atoms with Gasteiger partial charge in [-0.25, -0.2) is 4.98 Å². The Morgan fingerprint density at radius 1 is 1.18 bits per heavy atom. The summed E-state index contributed by atoms with van der Waals surface area (Å²) in [5.41, 5.74) is 5.77. The lowest BCUT2D eigenvalue weighted by atomic mass is 10.3. The molecule has 2 N–H and O–H groups in total. The average molecular weight is 241 g/mol. The minimum Gasteiger partial charge on any atom is -0.399 e. The third-order valence-electron chi connectivity index (χ3n) is 2.34. The number of aromatic nitrogens is 2. The van der Waals surface area contributed by atoms with Crippen molar-refractivity contribution in [3.8, 4) is 5.69 Å². The lowest BCUT2D eigenvalue weighted by Crippen LogP contribution is -2.04. The van der Waals surface area contributed by atoms with Crippen LogP contribution >= 0.6 is 0 Å². The van der Waals surface area contributed by atoms with Gasteiger partial charge in [0.2, 0.25) is 0 Å². The van der Waals surface area contributed by atoms with Crippen molar-refractivity contribution in [1.29, 1.82) is 0 Å². The third kappa shape index (κ3) is 2.25. The van der Waals surface area contributed by atoms with E-state index in [2.05, 4.69) is 4.98 Å². The lowest BCUT2D eigenvalue weighted by Gasteiger charge is -2.04. The van der Waals surface area contributed by atoms with Gasteiger partial charge < -0.3 is 10.3 Å². The molecule has 1 aromatic carbocycles. The number of nitrogens with two attached hydrogens (primary N) is 1. The molecule has 0 unspecified atom stereocenters. The van der Waals surface area contributed by atoms with E-state index in [1.54, 1.807) is 24.3 Å². The smallest absolute Gasteiger partial charge is 0.399 e. The van der Waals surface area contributed by atoms with Crippen LogP contribution in [0, 0.1) is 6.92 Å². The molecule has 6 heteroatoms. The molecule has 2 rings (SSSR count). The highest BCUT2D eigenvalue weighted by Crippen LogP contribution is 2.29. The van der Waals surface area contributed by atoms with E-state index in [1.807, 2.05) is 0 Å². The van der Waals surface area contributed by atoms with E-state index in [0.717, 1.165) is 6.20 Å². The van der Waals surface area contributed by atoms with Crippen molar-refractivity contribution < 1.29 is 13.2 Å². The Morgan fingerprint density at radius 3 is 2.24 bits per heavy atom. The van der Waals surface area contributed by atoms with E-state index >= 15 is 0 Å². The highest BCUT2D eigenvalue weighted by Gasteiger charge is 2.34. The Bertz CT molecular complexity index is 526. The first-order valence-electron chi connectivity index (χ1n) is 4.87. The number of aryl methyl sites for hydroxylation is 1. The van der Waals surface area contributed by atoms with Crippen LogP contribution in [0.1, 0.15) is 11.5 Å². The number of nitrogen functional groups attached to an aromatic ring is 1. The molecule has 0 aliphatic heterocycles. The number of alkyl halides is 3. The fourth-order valence-corrected chi connectivity index (χ4v) is 1.51. The number of nitrogens with zero attached hydrogens (tertiary/aromatic N) is 2. The third-order valence-corrected chi connectivity index (χ3v) is 2.34. The van der Waals surface area contributed by atoms with Crippen LogP contribution in [0.15, 0.2) is 30.5 Å². The Labute approximate surface area is 95.7 Å². The van der Waals surface area contributed by atoms with Crippen LogP contribution in [0.5, 0.6) is 0 Å². The summed E-state index contributed by atoms with van der Waals surface area (Å²) in [6.45, 7) is 1.52. The molecule has 0 saturated heterocycles. The minimum atomic E-state index is -4.43. The Balaban J connectivity index is 2.46. The van der Waals surface area contributed by atoms with E-state index in [-0.39, 0.29) is 5.82 Å². The first kappa shape index (κ1) is 11.5. The monoisotopic (exact) mass is 241 g/mol. The zero-order valence-electron chi connectivity index (χ0n) is 8.99. The number of anilines is 1. The molecule has 0 saturated carbocycles. The normalized spacial score (nSPS) is 11.8. The lowest BCUT2D eigenvalue weighted by molar-refractivity contribution is -0.141. The number of benzene rings is 1. The van der Waals surface area contributed by atoms with Gasteiger partial charge in [-0.1, -0.05) is 0 Å². The highest BCUT2D eigenvalue weighted by molar-refractivity contribution is 5.45. The molecule has 2 aromatic rings. The van der Waals surface area contributed by atoms with E-state index in [1.165, 1.54) is 11.5 Å². The summed E-state index contributed by atoms with van der Waals surface area (Å²) in [4.78, 5) is 3.49. The van der Waals surface area contributed by atoms with Gasteiger partial charge in [-0.3, -0.25) is 0 Å². The number of rotatable bonds is 1. The van der Waals surface area contributed by atoms with Crippen LogP contribution in [-0.2, 0) is 6.18 Å². The van der Waals surface area contributed by atoms with Gasteiger partial charge in [0.05, 0.1) is 0 Å².